The summed E-state index contributed by atoms with van der Waals surface area (Å²) in [6.45, 7) is 0. The summed E-state index contributed by atoms with van der Waals surface area (Å²) in [4.78, 5) is 27.6. The first-order valence-electron chi connectivity index (χ1n) is 6.62. The van der Waals surface area contributed by atoms with Gasteiger partial charge in [0.25, 0.3) is 5.91 Å². The zero-order valence-corrected chi connectivity index (χ0v) is 11.5. The van der Waals surface area contributed by atoms with Crippen molar-refractivity contribution in [2.45, 2.75) is 0 Å². The number of carbonyl (C=O) groups excluding carboxylic acids is 1. The molecule has 0 aliphatic heterocycles. The molecule has 0 radical (unpaired) electrons. The van der Waals surface area contributed by atoms with Gasteiger partial charge in [-0.25, -0.2) is 9.78 Å². The third-order valence-electron chi connectivity index (χ3n) is 3.33. The molecular weight excluding hydrogens is 280 g/mol. The van der Waals surface area contributed by atoms with E-state index in [1.165, 1.54) is 35.4 Å². The summed E-state index contributed by atoms with van der Waals surface area (Å²) in [5.41, 5.74) is 1.75. The van der Waals surface area contributed by atoms with Crippen molar-refractivity contribution >= 4 is 11.9 Å². The summed E-state index contributed by atoms with van der Waals surface area (Å²) in [7, 11) is 0. The number of imidazole rings is 1. The molecule has 1 heterocycles. The van der Waals surface area contributed by atoms with E-state index in [0.29, 0.717) is 0 Å². The van der Waals surface area contributed by atoms with Gasteiger partial charge in [-0.3, -0.25) is 9.36 Å². The van der Waals surface area contributed by atoms with Crippen LogP contribution in [0.15, 0.2) is 67.3 Å². The summed E-state index contributed by atoms with van der Waals surface area (Å²) in [6, 6.07) is 14.2. The molecule has 5 heteroatoms. The quantitative estimate of drug-likeness (QED) is 0.805. The van der Waals surface area contributed by atoms with Crippen molar-refractivity contribution in [2.75, 3.05) is 0 Å². The number of carboxylic acid groups (broad SMARTS) is 1. The van der Waals surface area contributed by atoms with Crippen molar-refractivity contribution in [3.8, 4) is 11.1 Å². The fourth-order valence-corrected chi connectivity index (χ4v) is 2.24. The van der Waals surface area contributed by atoms with E-state index in [1.807, 2.05) is 30.3 Å². The summed E-state index contributed by atoms with van der Waals surface area (Å²) >= 11 is 0. The zero-order chi connectivity index (χ0) is 15.5. The Morgan fingerprint density at radius 2 is 1.73 bits per heavy atom. The molecule has 22 heavy (non-hydrogen) atoms. The second kappa shape index (κ2) is 5.65. The lowest BCUT2D eigenvalue weighted by atomic mass is 9.98. The summed E-state index contributed by atoms with van der Waals surface area (Å²) in [5.74, 6) is -1.56. The first-order valence-corrected chi connectivity index (χ1v) is 6.62. The highest BCUT2D eigenvalue weighted by atomic mass is 16.4. The number of hydrogen-bond acceptors (Lipinski definition) is 3. The Morgan fingerprint density at radius 3 is 2.36 bits per heavy atom. The lowest BCUT2D eigenvalue weighted by Gasteiger charge is -2.08. The molecule has 5 nitrogen and oxygen atoms in total. The van der Waals surface area contributed by atoms with Crippen LogP contribution in [0, 0.1) is 0 Å². The number of carboxylic acids is 1. The first kappa shape index (κ1) is 13.8. The van der Waals surface area contributed by atoms with Crippen LogP contribution >= 0.6 is 0 Å². The molecule has 1 aromatic heterocycles. The molecule has 0 fully saturated rings. The van der Waals surface area contributed by atoms with Crippen LogP contribution in [0.25, 0.3) is 11.1 Å². The second-order valence-corrected chi connectivity index (χ2v) is 4.71. The summed E-state index contributed by atoms with van der Waals surface area (Å²) < 4.78 is 1.25. The number of hydrogen-bond donors (Lipinski definition) is 1. The van der Waals surface area contributed by atoms with E-state index < -0.39 is 11.9 Å². The van der Waals surface area contributed by atoms with Gasteiger partial charge in [-0.1, -0.05) is 36.4 Å². The molecule has 108 valence electrons. The van der Waals surface area contributed by atoms with E-state index in [1.54, 1.807) is 6.07 Å². The van der Waals surface area contributed by atoms with Crippen molar-refractivity contribution in [1.29, 1.82) is 0 Å². The average Bonchev–Trinajstić information content (AvgIpc) is 3.09. The highest BCUT2D eigenvalue weighted by molar-refractivity contribution is 6.06. The maximum Gasteiger partial charge on any atom is 0.336 e. The first-order chi connectivity index (χ1) is 10.7. The lowest BCUT2D eigenvalue weighted by Crippen LogP contribution is -2.15. The van der Waals surface area contributed by atoms with Crippen molar-refractivity contribution in [3.05, 3.63) is 78.4 Å². The molecule has 0 atom stereocenters. The Kier molecular flexibility index (Phi) is 3.53. The van der Waals surface area contributed by atoms with Gasteiger partial charge in [-0.15, -0.1) is 0 Å². The van der Waals surface area contributed by atoms with Gasteiger partial charge in [-0.2, -0.15) is 0 Å². The Bertz CT molecular complexity index is 824. The molecular formula is C17H12N2O3. The minimum Gasteiger partial charge on any atom is -0.478 e. The van der Waals surface area contributed by atoms with Gasteiger partial charge >= 0.3 is 5.97 Å². The molecule has 1 N–H and O–H groups in total. The van der Waals surface area contributed by atoms with Crippen LogP contribution < -0.4 is 0 Å². The molecule has 3 rings (SSSR count). The largest absolute Gasteiger partial charge is 0.478 e. The monoisotopic (exact) mass is 292 g/mol. The van der Waals surface area contributed by atoms with Crippen LogP contribution in [0.4, 0.5) is 0 Å². The molecule has 0 aliphatic rings. The third-order valence-corrected chi connectivity index (χ3v) is 3.33. The number of aromatic nitrogens is 2. The average molecular weight is 292 g/mol. The molecule has 0 bridgehead atoms. The van der Waals surface area contributed by atoms with Gasteiger partial charge in [0, 0.05) is 12.4 Å². The van der Waals surface area contributed by atoms with E-state index in [-0.39, 0.29) is 11.1 Å². The maximum atomic E-state index is 12.3. The lowest BCUT2D eigenvalue weighted by molar-refractivity contribution is 0.0691. The van der Waals surface area contributed by atoms with Crippen LogP contribution in [0.5, 0.6) is 0 Å². The fraction of sp³-hybridized carbons (Fsp3) is 0. The number of benzene rings is 2. The second-order valence-electron chi connectivity index (χ2n) is 4.71. The normalized spacial score (nSPS) is 10.4. The predicted octanol–water partition coefficient (Wildman–Crippen LogP) is 2.94. The van der Waals surface area contributed by atoms with Gasteiger partial charge in [0.05, 0.1) is 11.1 Å². The van der Waals surface area contributed by atoms with Gasteiger partial charge in [-0.05, 0) is 23.3 Å². The molecule has 3 aromatic rings. The summed E-state index contributed by atoms with van der Waals surface area (Å²) in [5, 5.41) is 9.41. The van der Waals surface area contributed by atoms with Crippen molar-refractivity contribution in [2.24, 2.45) is 0 Å². The van der Waals surface area contributed by atoms with E-state index in [9.17, 15) is 14.7 Å². The maximum absolute atomic E-state index is 12.3. The van der Waals surface area contributed by atoms with Crippen LogP contribution in [0.3, 0.4) is 0 Å². The van der Waals surface area contributed by atoms with E-state index in [4.69, 9.17) is 0 Å². The van der Waals surface area contributed by atoms with Crippen molar-refractivity contribution in [1.82, 2.24) is 9.55 Å². The highest BCUT2D eigenvalue weighted by Gasteiger charge is 2.18. The minimum absolute atomic E-state index is 0.0277. The Morgan fingerprint density at radius 1 is 0.955 bits per heavy atom. The van der Waals surface area contributed by atoms with Crippen molar-refractivity contribution in [3.63, 3.8) is 0 Å². The topological polar surface area (TPSA) is 72.2 Å². The van der Waals surface area contributed by atoms with Crippen LogP contribution in [0.2, 0.25) is 0 Å². The Labute approximate surface area is 126 Å². The van der Waals surface area contributed by atoms with E-state index in [0.717, 1.165) is 11.1 Å². The van der Waals surface area contributed by atoms with Crippen molar-refractivity contribution < 1.29 is 14.7 Å². The molecule has 0 amide bonds. The molecule has 0 aliphatic carbocycles. The smallest absolute Gasteiger partial charge is 0.336 e. The molecule has 2 aromatic carbocycles. The minimum atomic E-state index is -1.14. The predicted molar refractivity (Wildman–Crippen MR) is 80.8 cm³/mol. The van der Waals surface area contributed by atoms with Gasteiger partial charge < -0.3 is 5.11 Å². The summed E-state index contributed by atoms with van der Waals surface area (Å²) in [6.07, 6.45) is 4.30. The standard InChI is InChI=1S/C17H12N2O3/c20-16(19-9-8-18-11-19)14-7-6-13(10-15(14)17(21)22)12-4-2-1-3-5-12/h1-11H,(H,21,22). The van der Waals surface area contributed by atoms with E-state index in [2.05, 4.69) is 4.98 Å². The molecule has 0 spiro atoms. The molecule has 0 saturated carbocycles. The fourth-order valence-electron chi connectivity index (χ4n) is 2.24. The van der Waals surface area contributed by atoms with Crippen LogP contribution in [0.1, 0.15) is 20.7 Å². The van der Waals surface area contributed by atoms with Crippen LogP contribution in [-0.4, -0.2) is 26.5 Å². The Balaban J connectivity index is 2.09. The van der Waals surface area contributed by atoms with Crippen LogP contribution in [-0.2, 0) is 0 Å². The zero-order valence-electron chi connectivity index (χ0n) is 11.5. The highest BCUT2D eigenvalue weighted by Crippen LogP contribution is 2.23. The van der Waals surface area contributed by atoms with Gasteiger partial charge in [0.2, 0.25) is 0 Å². The third kappa shape index (κ3) is 2.52. The molecule has 0 saturated heterocycles. The number of rotatable bonds is 3. The molecule has 0 unspecified atom stereocenters. The Hall–Kier alpha value is -3.21. The SMILES string of the molecule is O=C(O)c1cc(-c2ccccc2)ccc1C(=O)n1ccnc1. The number of nitrogens with zero attached hydrogens (tertiary/aromatic N) is 2. The van der Waals surface area contributed by atoms with E-state index >= 15 is 0 Å². The van der Waals surface area contributed by atoms with Gasteiger partial charge in [0.15, 0.2) is 0 Å². The van der Waals surface area contributed by atoms with Gasteiger partial charge in [0.1, 0.15) is 6.33 Å². The number of aromatic carboxylic acids is 1. The number of carbonyl (C=O) groups is 2.